The number of thiophene rings is 1. The average molecular weight is 303 g/mol. The minimum atomic E-state index is 0.471. The fourth-order valence-electron chi connectivity index (χ4n) is 2.85. The van der Waals surface area contributed by atoms with E-state index >= 15 is 0 Å². The molecular formula is C17H21NS2. The van der Waals surface area contributed by atoms with E-state index in [2.05, 4.69) is 54.9 Å². The van der Waals surface area contributed by atoms with Gasteiger partial charge in [-0.1, -0.05) is 25.1 Å². The van der Waals surface area contributed by atoms with E-state index in [0.717, 1.165) is 6.54 Å². The molecule has 1 aromatic heterocycles. The van der Waals surface area contributed by atoms with Crippen molar-refractivity contribution < 1.29 is 0 Å². The first-order valence-electron chi connectivity index (χ1n) is 7.31. The summed E-state index contributed by atoms with van der Waals surface area (Å²) in [6.07, 6.45) is 2.36. The molecule has 2 atom stereocenters. The topological polar surface area (TPSA) is 12.0 Å². The van der Waals surface area contributed by atoms with Crippen molar-refractivity contribution in [2.75, 3.05) is 6.54 Å². The Kier molecular flexibility index (Phi) is 4.49. The molecule has 3 rings (SSSR count). The van der Waals surface area contributed by atoms with Gasteiger partial charge in [-0.05, 0) is 54.9 Å². The lowest BCUT2D eigenvalue weighted by Gasteiger charge is -2.24. The molecule has 2 heterocycles. The molecule has 0 spiro atoms. The van der Waals surface area contributed by atoms with Gasteiger partial charge in [-0.2, -0.15) is 0 Å². The molecule has 106 valence electrons. The number of fused-ring (bicyclic) bond motifs is 1. The van der Waals surface area contributed by atoms with Crippen LogP contribution in [-0.4, -0.2) is 11.8 Å². The van der Waals surface area contributed by atoms with Gasteiger partial charge in [0.25, 0.3) is 0 Å². The van der Waals surface area contributed by atoms with Gasteiger partial charge in [0.2, 0.25) is 0 Å². The monoisotopic (exact) mass is 303 g/mol. The van der Waals surface area contributed by atoms with Gasteiger partial charge in [0.05, 0.1) is 0 Å². The summed E-state index contributed by atoms with van der Waals surface area (Å²) in [5, 5.41) is 6.61. The molecule has 0 saturated carbocycles. The third-order valence-electron chi connectivity index (χ3n) is 3.89. The lowest BCUT2D eigenvalue weighted by atomic mass is 9.99. The Morgan fingerprint density at radius 1 is 1.30 bits per heavy atom. The van der Waals surface area contributed by atoms with E-state index in [-0.39, 0.29) is 0 Å². The molecule has 2 aromatic rings. The Balaban J connectivity index is 1.83. The lowest BCUT2D eigenvalue weighted by molar-refractivity contribution is 0.513. The number of nitrogens with one attached hydrogen (secondary N) is 1. The Morgan fingerprint density at radius 3 is 2.85 bits per heavy atom. The van der Waals surface area contributed by atoms with E-state index in [4.69, 9.17) is 0 Å². The van der Waals surface area contributed by atoms with Crippen LogP contribution in [0, 0.1) is 6.92 Å². The van der Waals surface area contributed by atoms with Crippen LogP contribution in [0.25, 0.3) is 0 Å². The highest BCUT2D eigenvalue weighted by Crippen LogP contribution is 2.43. The quantitative estimate of drug-likeness (QED) is 0.850. The molecule has 0 bridgehead atoms. The van der Waals surface area contributed by atoms with Gasteiger partial charge < -0.3 is 5.32 Å². The molecule has 1 aromatic carbocycles. The number of rotatable bonds is 5. The fraction of sp³-hybridized carbons (Fsp3) is 0.412. The number of aryl methyl sites for hydroxylation is 1. The smallest absolute Gasteiger partial charge is 0.0458 e. The molecule has 0 radical (unpaired) electrons. The predicted molar refractivity (Wildman–Crippen MR) is 89.9 cm³/mol. The van der Waals surface area contributed by atoms with Crippen LogP contribution in [0.4, 0.5) is 0 Å². The van der Waals surface area contributed by atoms with Crippen molar-refractivity contribution in [3.8, 4) is 0 Å². The summed E-state index contributed by atoms with van der Waals surface area (Å²) in [6, 6.07) is 11.6. The molecule has 20 heavy (non-hydrogen) atoms. The van der Waals surface area contributed by atoms with Gasteiger partial charge in [0.15, 0.2) is 0 Å². The van der Waals surface area contributed by atoms with E-state index in [9.17, 15) is 0 Å². The van der Waals surface area contributed by atoms with Crippen molar-refractivity contribution in [2.24, 2.45) is 0 Å². The molecule has 1 aliphatic rings. The van der Waals surface area contributed by atoms with Crippen molar-refractivity contribution in [1.29, 1.82) is 0 Å². The zero-order chi connectivity index (χ0) is 13.9. The van der Waals surface area contributed by atoms with Crippen molar-refractivity contribution in [3.63, 3.8) is 0 Å². The Morgan fingerprint density at radius 2 is 2.15 bits per heavy atom. The van der Waals surface area contributed by atoms with Crippen LogP contribution in [0.15, 0.2) is 40.6 Å². The normalized spacial score (nSPS) is 19.0. The second-order valence-electron chi connectivity index (χ2n) is 5.33. The number of benzene rings is 1. The van der Waals surface area contributed by atoms with Crippen LogP contribution in [0.3, 0.4) is 0 Å². The highest BCUT2D eigenvalue weighted by Gasteiger charge is 2.31. The molecule has 1 aliphatic heterocycles. The molecule has 0 saturated heterocycles. The minimum Gasteiger partial charge on any atom is -0.309 e. The van der Waals surface area contributed by atoms with Gasteiger partial charge in [0, 0.05) is 21.1 Å². The van der Waals surface area contributed by atoms with Gasteiger partial charge in [-0.3, -0.25) is 0 Å². The second kappa shape index (κ2) is 6.33. The van der Waals surface area contributed by atoms with Crippen LogP contribution >= 0.6 is 23.1 Å². The SMILES string of the molecule is CCCNC(c1ccsc1C)C1Cc2ccccc2S1. The lowest BCUT2D eigenvalue weighted by Crippen LogP contribution is -2.30. The zero-order valence-corrected chi connectivity index (χ0v) is 13.7. The first kappa shape index (κ1) is 14.2. The van der Waals surface area contributed by atoms with Crippen LogP contribution in [0.2, 0.25) is 0 Å². The van der Waals surface area contributed by atoms with Crippen LogP contribution in [-0.2, 0) is 6.42 Å². The Hall–Kier alpha value is -0.770. The fourth-order valence-corrected chi connectivity index (χ4v) is 5.03. The first-order chi connectivity index (χ1) is 9.79. The van der Waals surface area contributed by atoms with E-state index in [1.165, 1.54) is 33.7 Å². The Labute approximate surface area is 129 Å². The van der Waals surface area contributed by atoms with Crippen molar-refractivity contribution in [1.82, 2.24) is 5.32 Å². The average Bonchev–Trinajstić information content (AvgIpc) is 3.06. The van der Waals surface area contributed by atoms with E-state index in [1.807, 2.05) is 23.1 Å². The standard InChI is InChI=1S/C17H21NS2/c1-3-9-18-17(14-8-10-19-12(14)2)16-11-13-6-4-5-7-15(13)20-16/h4-8,10,16-18H,3,9,11H2,1-2H3. The second-order valence-corrected chi connectivity index (χ2v) is 7.73. The summed E-state index contributed by atoms with van der Waals surface area (Å²) >= 11 is 3.90. The molecule has 0 amide bonds. The van der Waals surface area contributed by atoms with E-state index in [0.29, 0.717) is 11.3 Å². The summed E-state index contributed by atoms with van der Waals surface area (Å²) in [4.78, 5) is 2.92. The summed E-state index contributed by atoms with van der Waals surface area (Å²) in [6.45, 7) is 5.57. The summed E-state index contributed by atoms with van der Waals surface area (Å²) in [5.41, 5.74) is 3.01. The molecular weight excluding hydrogens is 282 g/mol. The predicted octanol–water partition coefficient (Wildman–Crippen LogP) is 4.81. The van der Waals surface area contributed by atoms with Gasteiger partial charge in [-0.25, -0.2) is 0 Å². The summed E-state index contributed by atoms with van der Waals surface area (Å²) < 4.78 is 0. The molecule has 1 N–H and O–H groups in total. The zero-order valence-electron chi connectivity index (χ0n) is 12.1. The molecule has 2 unspecified atom stereocenters. The van der Waals surface area contributed by atoms with Gasteiger partial charge >= 0.3 is 0 Å². The minimum absolute atomic E-state index is 0.471. The van der Waals surface area contributed by atoms with Crippen molar-refractivity contribution >= 4 is 23.1 Å². The maximum absolute atomic E-state index is 3.78. The highest BCUT2D eigenvalue weighted by molar-refractivity contribution is 8.00. The number of hydrogen-bond donors (Lipinski definition) is 1. The number of hydrogen-bond acceptors (Lipinski definition) is 3. The maximum Gasteiger partial charge on any atom is 0.0458 e. The third kappa shape index (κ3) is 2.80. The first-order valence-corrected chi connectivity index (χ1v) is 9.07. The van der Waals surface area contributed by atoms with E-state index < -0.39 is 0 Å². The molecule has 0 aliphatic carbocycles. The van der Waals surface area contributed by atoms with Crippen molar-refractivity contribution in [3.05, 3.63) is 51.7 Å². The summed E-state index contributed by atoms with van der Waals surface area (Å²) in [7, 11) is 0. The largest absolute Gasteiger partial charge is 0.309 e. The molecule has 3 heteroatoms. The summed E-state index contributed by atoms with van der Waals surface area (Å²) in [5.74, 6) is 0. The maximum atomic E-state index is 3.78. The number of thioether (sulfide) groups is 1. The van der Waals surface area contributed by atoms with Crippen LogP contribution < -0.4 is 5.32 Å². The molecule has 1 nitrogen and oxygen atoms in total. The third-order valence-corrected chi connectivity index (χ3v) is 6.15. The molecule has 0 fully saturated rings. The van der Waals surface area contributed by atoms with Crippen LogP contribution in [0.5, 0.6) is 0 Å². The highest BCUT2D eigenvalue weighted by atomic mass is 32.2. The van der Waals surface area contributed by atoms with Crippen LogP contribution in [0.1, 0.15) is 35.4 Å². The van der Waals surface area contributed by atoms with Gasteiger partial charge in [0.1, 0.15) is 0 Å². The Bertz CT molecular complexity index is 551. The van der Waals surface area contributed by atoms with Crippen molar-refractivity contribution in [2.45, 2.75) is 42.9 Å². The van der Waals surface area contributed by atoms with Gasteiger partial charge in [-0.15, -0.1) is 23.1 Å². The van der Waals surface area contributed by atoms with E-state index in [1.54, 1.807) is 0 Å².